The van der Waals surface area contributed by atoms with Crippen LogP contribution in [0, 0.1) is 0 Å². The molecule has 1 aliphatic rings. The number of hydrogen-bond acceptors (Lipinski definition) is 2. The van der Waals surface area contributed by atoms with Crippen LogP contribution in [0.4, 0.5) is 13.2 Å². The summed E-state index contributed by atoms with van der Waals surface area (Å²) in [7, 11) is 0. The van der Waals surface area contributed by atoms with Crippen molar-refractivity contribution >= 4 is 5.97 Å². The molecule has 0 aromatic carbocycles. The van der Waals surface area contributed by atoms with Gasteiger partial charge in [0, 0.05) is 6.61 Å². The standard InChI is InChI=1S/C8H11F3O3/c9-8(10,11)5-7(6(12)13)3-1-2-4-14-7/h1-5H2,(H,12,13). The average Bonchev–Trinajstić information content (AvgIpc) is 2.02. The summed E-state index contributed by atoms with van der Waals surface area (Å²) in [5, 5.41) is 8.73. The second kappa shape index (κ2) is 3.76. The van der Waals surface area contributed by atoms with Crippen molar-refractivity contribution in [2.45, 2.75) is 37.5 Å². The van der Waals surface area contributed by atoms with E-state index in [9.17, 15) is 18.0 Å². The zero-order chi connectivity index (χ0) is 10.8. The van der Waals surface area contributed by atoms with Crippen molar-refractivity contribution in [3.05, 3.63) is 0 Å². The molecule has 0 aliphatic carbocycles. The van der Waals surface area contributed by atoms with Gasteiger partial charge in [-0.15, -0.1) is 0 Å². The van der Waals surface area contributed by atoms with E-state index in [4.69, 9.17) is 9.84 Å². The number of carboxylic acids is 1. The first-order valence-corrected chi connectivity index (χ1v) is 4.30. The molecule has 1 rings (SSSR count). The Bertz CT molecular complexity index is 218. The Hall–Kier alpha value is -0.780. The lowest BCUT2D eigenvalue weighted by Crippen LogP contribution is -2.47. The first-order valence-electron chi connectivity index (χ1n) is 4.30. The maximum absolute atomic E-state index is 12.1. The largest absolute Gasteiger partial charge is 0.479 e. The number of halogens is 3. The summed E-state index contributed by atoms with van der Waals surface area (Å²) in [5.74, 6) is -1.52. The molecule has 1 saturated heterocycles. The second-order valence-electron chi connectivity index (χ2n) is 3.40. The predicted molar refractivity (Wildman–Crippen MR) is 40.8 cm³/mol. The minimum absolute atomic E-state index is 0.0676. The van der Waals surface area contributed by atoms with Crippen molar-refractivity contribution in [2.24, 2.45) is 0 Å². The third-order valence-corrected chi connectivity index (χ3v) is 2.23. The monoisotopic (exact) mass is 212 g/mol. The van der Waals surface area contributed by atoms with E-state index in [1.807, 2.05) is 0 Å². The Morgan fingerprint density at radius 3 is 2.43 bits per heavy atom. The zero-order valence-corrected chi connectivity index (χ0v) is 7.43. The molecule has 1 atom stereocenters. The molecule has 1 fully saturated rings. The van der Waals surface area contributed by atoms with Crippen molar-refractivity contribution in [3.8, 4) is 0 Å². The van der Waals surface area contributed by atoms with Gasteiger partial charge in [0.15, 0.2) is 5.60 Å². The number of aliphatic carboxylic acids is 1. The maximum atomic E-state index is 12.1. The Kier molecular flexibility index (Phi) is 3.04. The number of alkyl halides is 3. The van der Waals surface area contributed by atoms with Gasteiger partial charge in [0.05, 0.1) is 6.42 Å². The van der Waals surface area contributed by atoms with Gasteiger partial charge in [0.1, 0.15) is 0 Å². The molecule has 6 heteroatoms. The van der Waals surface area contributed by atoms with Gasteiger partial charge < -0.3 is 9.84 Å². The minimum Gasteiger partial charge on any atom is -0.479 e. The lowest BCUT2D eigenvalue weighted by Gasteiger charge is -2.33. The summed E-state index contributed by atoms with van der Waals surface area (Å²) < 4.78 is 41.1. The van der Waals surface area contributed by atoms with Crippen molar-refractivity contribution < 1.29 is 27.8 Å². The van der Waals surface area contributed by atoms with E-state index in [-0.39, 0.29) is 13.0 Å². The highest BCUT2D eigenvalue weighted by Gasteiger charge is 2.49. The summed E-state index contributed by atoms with van der Waals surface area (Å²) >= 11 is 0. The molecule has 1 heterocycles. The topological polar surface area (TPSA) is 46.5 Å². The third-order valence-electron chi connectivity index (χ3n) is 2.23. The molecule has 0 amide bonds. The van der Waals surface area contributed by atoms with Crippen LogP contribution in [0.5, 0.6) is 0 Å². The molecule has 82 valence electrons. The van der Waals surface area contributed by atoms with E-state index >= 15 is 0 Å². The highest BCUT2D eigenvalue weighted by Crippen LogP contribution is 2.36. The summed E-state index contributed by atoms with van der Waals surface area (Å²) in [5.41, 5.74) is -2.05. The highest BCUT2D eigenvalue weighted by atomic mass is 19.4. The Balaban J connectivity index is 2.76. The third kappa shape index (κ3) is 2.60. The molecule has 3 nitrogen and oxygen atoms in total. The Morgan fingerprint density at radius 2 is 2.07 bits per heavy atom. The first kappa shape index (κ1) is 11.3. The molecule has 0 spiro atoms. The van der Waals surface area contributed by atoms with E-state index in [0.29, 0.717) is 12.8 Å². The van der Waals surface area contributed by atoms with E-state index in [0.717, 1.165) is 0 Å². The second-order valence-corrected chi connectivity index (χ2v) is 3.40. The quantitative estimate of drug-likeness (QED) is 0.761. The van der Waals surface area contributed by atoms with E-state index in [1.165, 1.54) is 0 Å². The molecular formula is C8H11F3O3. The molecule has 14 heavy (non-hydrogen) atoms. The van der Waals surface area contributed by atoms with Crippen LogP contribution < -0.4 is 0 Å². The van der Waals surface area contributed by atoms with Gasteiger partial charge in [-0.3, -0.25) is 0 Å². The van der Waals surface area contributed by atoms with E-state index < -0.39 is 24.2 Å². The average molecular weight is 212 g/mol. The lowest BCUT2D eigenvalue weighted by atomic mass is 9.90. The van der Waals surface area contributed by atoms with Crippen molar-refractivity contribution in [1.29, 1.82) is 0 Å². The fourth-order valence-corrected chi connectivity index (χ4v) is 1.56. The van der Waals surface area contributed by atoms with Crippen LogP contribution in [0.1, 0.15) is 25.7 Å². The Labute approximate surface area is 78.9 Å². The van der Waals surface area contributed by atoms with Crippen LogP contribution in [-0.4, -0.2) is 29.5 Å². The normalized spacial score (nSPS) is 28.8. The molecule has 1 N–H and O–H groups in total. The van der Waals surface area contributed by atoms with Gasteiger partial charge >= 0.3 is 12.1 Å². The van der Waals surface area contributed by atoms with Crippen molar-refractivity contribution in [2.75, 3.05) is 6.61 Å². The van der Waals surface area contributed by atoms with Crippen LogP contribution in [0.25, 0.3) is 0 Å². The molecule has 0 radical (unpaired) electrons. The zero-order valence-electron chi connectivity index (χ0n) is 7.43. The minimum atomic E-state index is -4.50. The van der Waals surface area contributed by atoms with Crippen LogP contribution in [0.2, 0.25) is 0 Å². The highest BCUT2D eigenvalue weighted by molar-refractivity contribution is 5.77. The van der Waals surface area contributed by atoms with Gasteiger partial charge in [0.2, 0.25) is 0 Å². The summed E-state index contributed by atoms with van der Waals surface area (Å²) in [6.07, 6.45) is -4.90. The Morgan fingerprint density at radius 1 is 1.43 bits per heavy atom. The summed E-state index contributed by atoms with van der Waals surface area (Å²) in [6.45, 7) is 0.0857. The molecule has 0 aromatic heterocycles. The van der Waals surface area contributed by atoms with E-state index in [1.54, 1.807) is 0 Å². The predicted octanol–water partition coefficient (Wildman–Crippen LogP) is 1.96. The molecule has 1 aliphatic heterocycles. The number of ether oxygens (including phenoxy) is 1. The number of rotatable bonds is 2. The van der Waals surface area contributed by atoms with Gasteiger partial charge in [-0.1, -0.05) is 0 Å². The SMILES string of the molecule is O=C(O)C1(CC(F)(F)F)CCCCO1. The molecule has 0 bridgehead atoms. The maximum Gasteiger partial charge on any atom is 0.392 e. The van der Waals surface area contributed by atoms with Crippen molar-refractivity contribution in [3.63, 3.8) is 0 Å². The van der Waals surface area contributed by atoms with Gasteiger partial charge in [0.25, 0.3) is 0 Å². The first-order chi connectivity index (χ1) is 6.36. The van der Waals surface area contributed by atoms with Crippen LogP contribution in [-0.2, 0) is 9.53 Å². The fourth-order valence-electron chi connectivity index (χ4n) is 1.56. The molecule has 1 unspecified atom stereocenters. The van der Waals surface area contributed by atoms with Gasteiger partial charge in [-0.25, -0.2) is 4.79 Å². The van der Waals surface area contributed by atoms with Crippen molar-refractivity contribution in [1.82, 2.24) is 0 Å². The molecular weight excluding hydrogens is 201 g/mol. The van der Waals surface area contributed by atoms with Gasteiger partial charge in [-0.05, 0) is 19.3 Å². The lowest BCUT2D eigenvalue weighted by molar-refractivity contribution is -0.212. The summed E-state index contributed by atoms with van der Waals surface area (Å²) in [6, 6.07) is 0. The van der Waals surface area contributed by atoms with Gasteiger partial charge in [-0.2, -0.15) is 13.2 Å². The molecule has 0 saturated carbocycles. The fraction of sp³-hybridized carbons (Fsp3) is 0.875. The smallest absolute Gasteiger partial charge is 0.392 e. The van der Waals surface area contributed by atoms with Crippen LogP contribution >= 0.6 is 0 Å². The number of carboxylic acid groups (broad SMARTS) is 1. The summed E-state index contributed by atoms with van der Waals surface area (Å²) in [4.78, 5) is 10.7. The van der Waals surface area contributed by atoms with Crippen LogP contribution in [0.3, 0.4) is 0 Å². The molecule has 0 aromatic rings. The number of hydrogen-bond donors (Lipinski definition) is 1. The number of carbonyl (C=O) groups is 1. The van der Waals surface area contributed by atoms with Crippen LogP contribution in [0.15, 0.2) is 0 Å². The van der Waals surface area contributed by atoms with E-state index in [2.05, 4.69) is 0 Å².